The Balaban J connectivity index is 2.13. The van der Waals surface area contributed by atoms with E-state index in [0.29, 0.717) is 8.95 Å². The van der Waals surface area contributed by atoms with Gasteiger partial charge in [0.1, 0.15) is 22.1 Å². The zero-order valence-electron chi connectivity index (χ0n) is 17.2. The van der Waals surface area contributed by atoms with Crippen LogP contribution in [-0.4, -0.2) is 17.6 Å². The molecule has 11 heteroatoms. The van der Waals surface area contributed by atoms with Crippen LogP contribution in [-0.2, 0) is 9.53 Å². The lowest BCUT2D eigenvalue weighted by molar-refractivity contribution is -0.136. The van der Waals surface area contributed by atoms with E-state index in [0.717, 1.165) is 23.0 Å². The van der Waals surface area contributed by atoms with Crippen molar-refractivity contribution in [3.8, 4) is 6.07 Å². The number of nitrogens with two attached hydrogens (primary N) is 1. The molecule has 0 saturated heterocycles. The molecule has 1 atom stereocenters. The summed E-state index contributed by atoms with van der Waals surface area (Å²) in [7, 11) is 1.12. The molecule has 172 valence electrons. The Bertz CT molecular complexity index is 1620. The Morgan fingerprint density at radius 3 is 2.50 bits per heavy atom. The van der Waals surface area contributed by atoms with E-state index in [-0.39, 0.29) is 37.3 Å². The fourth-order valence-corrected chi connectivity index (χ4v) is 5.55. The molecule has 4 rings (SSSR count). The molecular formula is C23H13Br2F2N3O3S. The molecule has 1 aliphatic rings. The van der Waals surface area contributed by atoms with E-state index in [2.05, 4.69) is 31.9 Å². The van der Waals surface area contributed by atoms with Crippen molar-refractivity contribution >= 4 is 66.6 Å². The molecule has 1 unspecified atom stereocenters. The number of halogens is 4. The number of rotatable bonds is 3. The van der Waals surface area contributed by atoms with Crippen LogP contribution in [0.25, 0.3) is 17.5 Å². The highest BCUT2D eigenvalue weighted by Crippen LogP contribution is 2.38. The van der Waals surface area contributed by atoms with E-state index < -0.39 is 29.1 Å². The maximum absolute atomic E-state index is 14.9. The molecule has 0 amide bonds. The molecule has 2 heterocycles. The van der Waals surface area contributed by atoms with Crippen molar-refractivity contribution in [1.29, 1.82) is 5.26 Å². The molecule has 0 bridgehead atoms. The van der Waals surface area contributed by atoms with Gasteiger partial charge in [0, 0.05) is 20.1 Å². The summed E-state index contributed by atoms with van der Waals surface area (Å²) in [5, 5.41) is 10.0. The van der Waals surface area contributed by atoms with Crippen molar-refractivity contribution in [3.63, 3.8) is 0 Å². The number of carbonyl (C=O) groups is 1. The molecule has 1 aromatic heterocycles. The molecule has 2 N–H and O–H groups in total. The number of nitriles is 1. The van der Waals surface area contributed by atoms with Crippen molar-refractivity contribution in [2.75, 3.05) is 7.11 Å². The molecule has 3 aromatic rings. The molecule has 0 fully saturated rings. The second-order valence-electron chi connectivity index (χ2n) is 7.14. The quantitative estimate of drug-likeness (QED) is 0.460. The van der Waals surface area contributed by atoms with E-state index in [4.69, 9.17) is 10.5 Å². The van der Waals surface area contributed by atoms with E-state index in [9.17, 15) is 23.6 Å². The molecule has 0 saturated carbocycles. The Morgan fingerprint density at radius 2 is 1.85 bits per heavy atom. The number of benzene rings is 2. The number of esters is 1. The van der Waals surface area contributed by atoms with Crippen LogP contribution in [0.1, 0.15) is 17.0 Å². The third-order valence-electron chi connectivity index (χ3n) is 5.19. The number of aromatic nitrogens is 1. The van der Waals surface area contributed by atoms with Gasteiger partial charge in [0.25, 0.3) is 5.56 Å². The number of hydrogen-bond acceptors (Lipinski definition) is 6. The number of hydrogen-bond donors (Lipinski definition) is 1. The van der Waals surface area contributed by atoms with E-state index >= 15 is 0 Å². The standard InChI is InChI=1S/C23H13Br2F2N3O3S/c1-33-23(32)19-18(13-8-12(25)3-5-16(13)27)14(9-28)22-30(20(19)29)21(31)17(34-22)7-10-6-11(24)2-4-15(10)26/h2-8,18H,29H2,1H3/b17-7-. The van der Waals surface area contributed by atoms with Crippen LogP contribution in [0.2, 0.25) is 0 Å². The maximum Gasteiger partial charge on any atom is 0.338 e. The third kappa shape index (κ3) is 4.02. The first-order valence-corrected chi connectivity index (χ1v) is 11.9. The molecule has 6 nitrogen and oxygen atoms in total. The summed E-state index contributed by atoms with van der Waals surface area (Å²) in [6, 6.07) is 10.3. The first kappa shape index (κ1) is 24.1. The summed E-state index contributed by atoms with van der Waals surface area (Å²) >= 11 is 7.42. The second kappa shape index (κ2) is 9.29. The van der Waals surface area contributed by atoms with Crippen LogP contribution in [0.4, 0.5) is 8.78 Å². The fraction of sp³-hybridized carbons (Fsp3) is 0.0870. The summed E-state index contributed by atoms with van der Waals surface area (Å²) in [6.07, 6.45) is 1.33. The lowest BCUT2D eigenvalue weighted by Gasteiger charge is -2.25. The summed E-state index contributed by atoms with van der Waals surface area (Å²) < 4.78 is 36.4. The van der Waals surface area contributed by atoms with Crippen LogP contribution >= 0.6 is 43.2 Å². The number of carbonyl (C=O) groups excluding carboxylic acids is 1. The second-order valence-corrected chi connectivity index (χ2v) is 10.00. The predicted molar refractivity (Wildman–Crippen MR) is 131 cm³/mol. The van der Waals surface area contributed by atoms with Gasteiger partial charge in [-0.25, -0.2) is 13.6 Å². The Kier molecular flexibility index (Phi) is 6.58. The van der Waals surface area contributed by atoms with Crippen LogP contribution < -0.4 is 20.5 Å². The average molecular weight is 609 g/mol. The van der Waals surface area contributed by atoms with Crippen LogP contribution in [0.3, 0.4) is 0 Å². The van der Waals surface area contributed by atoms with Crippen molar-refractivity contribution in [2.24, 2.45) is 5.73 Å². The van der Waals surface area contributed by atoms with E-state index in [1.807, 2.05) is 6.07 Å². The lowest BCUT2D eigenvalue weighted by atomic mass is 9.83. The number of ether oxygens (including phenoxy) is 1. The number of nitrogens with zero attached hydrogens (tertiary/aromatic N) is 2. The zero-order valence-corrected chi connectivity index (χ0v) is 21.2. The minimum atomic E-state index is -1.22. The molecule has 34 heavy (non-hydrogen) atoms. The van der Waals surface area contributed by atoms with Gasteiger partial charge in [-0.2, -0.15) is 5.26 Å². The third-order valence-corrected chi connectivity index (χ3v) is 7.28. The Hall–Kier alpha value is -3.07. The van der Waals surface area contributed by atoms with E-state index in [1.54, 1.807) is 0 Å². The fourth-order valence-electron chi connectivity index (χ4n) is 3.68. The monoisotopic (exact) mass is 607 g/mol. The summed E-state index contributed by atoms with van der Waals surface area (Å²) in [5.41, 5.74) is 5.43. The zero-order chi connectivity index (χ0) is 24.7. The largest absolute Gasteiger partial charge is 0.466 e. The molecule has 2 aromatic carbocycles. The summed E-state index contributed by atoms with van der Waals surface area (Å²) in [5.74, 6) is -3.66. The average Bonchev–Trinajstić information content (AvgIpc) is 3.13. The SMILES string of the molecule is COC(=O)C1=C(N)n2c(s/c(=C\c3cc(Br)ccc3F)c2=O)=C(C#N)C1c1cc(Br)ccc1F. The van der Waals surface area contributed by atoms with Gasteiger partial charge in [0.15, 0.2) is 0 Å². The lowest BCUT2D eigenvalue weighted by Crippen LogP contribution is -2.40. The maximum atomic E-state index is 14.9. The van der Waals surface area contributed by atoms with Gasteiger partial charge in [0.05, 0.1) is 34.8 Å². The highest BCUT2D eigenvalue weighted by molar-refractivity contribution is 9.10. The highest BCUT2D eigenvalue weighted by Gasteiger charge is 2.37. The molecule has 1 aliphatic heterocycles. The van der Waals surface area contributed by atoms with Gasteiger partial charge >= 0.3 is 5.97 Å². The smallest absolute Gasteiger partial charge is 0.338 e. The molecule has 0 spiro atoms. The topological polar surface area (TPSA) is 98.1 Å². The highest BCUT2D eigenvalue weighted by atomic mass is 79.9. The number of fused-ring (bicyclic) bond motifs is 1. The first-order chi connectivity index (χ1) is 16.2. The molecule has 0 radical (unpaired) electrons. The Morgan fingerprint density at radius 1 is 1.21 bits per heavy atom. The van der Waals surface area contributed by atoms with Gasteiger partial charge in [-0.05, 0) is 42.5 Å². The normalized spacial score (nSPS) is 15.8. The number of thiazole rings is 1. The first-order valence-electron chi connectivity index (χ1n) is 9.54. The van der Waals surface area contributed by atoms with Crippen molar-refractivity contribution in [3.05, 3.63) is 93.2 Å². The molecule has 0 aliphatic carbocycles. The van der Waals surface area contributed by atoms with Crippen molar-refractivity contribution in [1.82, 2.24) is 4.57 Å². The van der Waals surface area contributed by atoms with Crippen LogP contribution in [0.15, 0.2) is 55.7 Å². The predicted octanol–water partition coefficient (Wildman–Crippen LogP) is 3.31. The van der Waals surface area contributed by atoms with Gasteiger partial charge in [-0.3, -0.25) is 9.36 Å². The minimum absolute atomic E-state index is 0.00457. The summed E-state index contributed by atoms with van der Waals surface area (Å²) in [4.78, 5) is 26.0. The Labute approximate surface area is 212 Å². The number of methoxy groups -OCH3 is 1. The van der Waals surface area contributed by atoms with Crippen molar-refractivity contribution < 1.29 is 18.3 Å². The minimum Gasteiger partial charge on any atom is -0.466 e. The van der Waals surface area contributed by atoms with E-state index in [1.165, 1.54) is 42.5 Å². The van der Waals surface area contributed by atoms with Gasteiger partial charge in [0.2, 0.25) is 0 Å². The van der Waals surface area contributed by atoms with Gasteiger partial charge < -0.3 is 10.5 Å². The van der Waals surface area contributed by atoms with Gasteiger partial charge in [-0.15, -0.1) is 11.3 Å². The van der Waals surface area contributed by atoms with Gasteiger partial charge in [-0.1, -0.05) is 31.9 Å². The molecular weight excluding hydrogens is 596 g/mol. The van der Waals surface area contributed by atoms with Crippen LogP contribution in [0, 0.1) is 23.0 Å². The van der Waals surface area contributed by atoms with Crippen molar-refractivity contribution in [2.45, 2.75) is 5.92 Å². The van der Waals surface area contributed by atoms with Crippen LogP contribution in [0.5, 0.6) is 0 Å². The summed E-state index contributed by atoms with van der Waals surface area (Å²) in [6.45, 7) is 0.